The molecule has 0 aromatic heterocycles. The van der Waals surface area contributed by atoms with Crippen molar-refractivity contribution in [3.05, 3.63) is 0 Å². The fourth-order valence-corrected chi connectivity index (χ4v) is 6.56. The molecule has 2 rings (SSSR count). The number of hydrogen-bond donors (Lipinski definition) is 0. The Labute approximate surface area is 84.3 Å². The van der Waals surface area contributed by atoms with Gasteiger partial charge in [-0.05, 0) is 0 Å². The third kappa shape index (κ3) is 1.13. The first-order valence-electron chi connectivity index (χ1n) is 4.47. The first-order chi connectivity index (χ1) is 5.83. The average Bonchev–Trinajstić information content (AvgIpc) is 2.33. The molecule has 72 valence electrons. The fourth-order valence-electron chi connectivity index (χ4n) is 2.58. The Hall–Kier alpha value is 0.650. The van der Waals surface area contributed by atoms with Gasteiger partial charge in [0.05, 0.1) is 0 Å². The van der Waals surface area contributed by atoms with Crippen molar-refractivity contribution in [2.75, 3.05) is 23.1 Å². The summed E-state index contributed by atoms with van der Waals surface area (Å²) in [4.78, 5) is 0. The van der Waals surface area contributed by atoms with E-state index >= 15 is 0 Å². The Bertz CT molecular complexity index is 150. The van der Waals surface area contributed by atoms with Crippen LogP contribution in [0.4, 0.5) is 0 Å². The molecule has 0 spiro atoms. The van der Waals surface area contributed by atoms with Gasteiger partial charge in [0.15, 0.2) is 0 Å². The number of ether oxygens (including phenoxy) is 2. The molecule has 0 amide bonds. The third-order valence-corrected chi connectivity index (χ3v) is 6.60. The van der Waals surface area contributed by atoms with Gasteiger partial charge in [0, 0.05) is 0 Å². The summed E-state index contributed by atoms with van der Waals surface area (Å²) >= 11 is 0.465. The SMILES string of the molecule is COC1(OC)C2CCC1C[I-]C2. The summed E-state index contributed by atoms with van der Waals surface area (Å²) in [6.07, 6.45) is 2.65. The molecule has 0 radical (unpaired) electrons. The van der Waals surface area contributed by atoms with Gasteiger partial charge in [0.25, 0.3) is 0 Å². The minimum absolute atomic E-state index is 0.183. The van der Waals surface area contributed by atoms with Crippen molar-refractivity contribution in [1.82, 2.24) is 0 Å². The zero-order chi connectivity index (χ0) is 8.60. The molecule has 3 heteroatoms. The van der Waals surface area contributed by atoms with E-state index in [1.54, 1.807) is 14.2 Å². The molecule has 0 N–H and O–H groups in total. The summed E-state index contributed by atoms with van der Waals surface area (Å²) in [5.74, 6) is 1.23. The summed E-state index contributed by atoms with van der Waals surface area (Å²) in [6.45, 7) is 0. The van der Waals surface area contributed by atoms with Gasteiger partial charge in [-0.2, -0.15) is 0 Å². The molecule has 2 nitrogen and oxygen atoms in total. The molecule has 2 bridgehead atoms. The number of fused-ring (bicyclic) bond motifs is 2. The van der Waals surface area contributed by atoms with Gasteiger partial charge >= 0.3 is 84.2 Å². The van der Waals surface area contributed by atoms with Crippen molar-refractivity contribution in [2.24, 2.45) is 11.8 Å². The monoisotopic (exact) mass is 283 g/mol. The summed E-state index contributed by atoms with van der Waals surface area (Å²) in [6, 6.07) is 0. The van der Waals surface area contributed by atoms with E-state index in [-0.39, 0.29) is 5.79 Å². The molecule has 2 atom stereocenters. The van der Waals surface area contributed by atoms with Crippen LogP contribution in [0.3, 0.4) is 0 Å². The van der Waals surface area contributed by atoms with Gasteiger partial charge in [-0.25, -0.2) is 0 Å². The van der Waals surface area contributed by atoms with Crippen LogP contribution in [0.5, 0.6) is 0 Å². The van der Waals surface area contributed by atoms with E-state index in [0.29, 0.717) is 33.0 Å². The first-order valence-corrected chi connectivity index (χ1v) is 7.52. The van der Waals surface area contributed by atoms with Crippen LogP contribution in [-0.2, 0) is 9.47 Å². The van der Waals surface area contributed by atoms with Crippen LogP contribution in [0.1, 0.15) is 12.8 Å². The summed E-state index contributed by atoms with van der Waals surface area (Å²) in [7, 11) is 3.61. The number of halogens is 1. The maximum absolute atomic E-state index is 5.61. The van der Waals surface area contributed by atoms with Crippen LogP contribution in [0.15, 0.2) is 0 Å². The molecule has 2 aliphatic rings. The van der Waals surface area contributed by atoms with E-state index in [2.05, 4.69) is 0 Å². The van der Waals surface area contributed by atoms with Crippen molar-refractivity contribution < 1.29 is 30.7 Å². The molecule has 1 aliphatic heterocycles. The molecule has 1 heterocycles. The van der Waals surface area contributed by atoms with E-state index in [4.69, 9.17) is 9.47 Å². The number of rotatable bonds is 2. The molecular formula is C9H16IO2-. The fraction of sp³-hybridized carbons (Fsp3) is 1.00. The molecular weight excluding hydrogens is 267 g/mol. The molecule has 2 fully saturated rings. The molecule has 12 heavy (non-hydrogen) atoms. The van der Waals surface area contributed by atoms with Crippen molar-refractivity contribution in [3.63, 3.8) is 0 Å². The Morgan fingerprint density at radius 2 is 1.58 bits per heavy atom. The van der Waals surface area contributed by atoms with Crippen LogP contribution < -0.4 is 21.2 Å². The van der Waals surface area contributed by atoms with Crippen LogP contribution in [0.25, 0.3) is 0 Å². The van der Waals surface area contributed by atoms with Gasteiger partial charge in [0.2, 0.25) is 0 Å². The second-order valence-electron chi connectivity index (χ2n) is 3.60. The summed E-state index contributed by atoms with van der Waals surface area (Å²) < 4.78 is 14.0. The Balaban J connectivity index is 2.22. The van der Waals surface area contributed by atoms with Gasteiger partial charge in [-0.15, -0.1) is 0 Å². The van der Waals surface area contributed by atoms with Crippen molar-refractivity contribution >= 4 is 0 Å². The van der Waals surface area contributed by atoms with Gasteiger partial charge in [0.1, 0.15) is 0 Å². The third-order valence-electron chi connectivity index (χ3n) is 3.23. The number of alkyl halides is 2. The summed E-state index contributed by atoms with van der Waals surface area (Å²) in [5, 5.41) is 0. The van der Waals surface area contributed by atoms with Crippen LogP contribution in [-0.4, -0.2) is 28.9 Å². The van der Waals surface area contributed by atoms with E-state index in [1.807, 2.05) is 0 Å². The second-order valence-corrected chi connectivity index (χ2v) is 6.44. The zero-order valence-corrected chi connectivity index (χ0v) is 9.84. The van der Waals surface area contributed by atoms with E-state index in [0.717, 1.165) is 0 Å². The minimum atomic E-state index is -0.183. The van der Waals surface area contributed by atoms with E-state index in [1.165, 1.54) is 21.7 Å². The molecule has 1 saturated heterocycles. The quantitative estimate of drug-likeness (QED) is 0.335. The standard InChI is InChI=1S/C9H16IO2/c1-11-9(12-2)7-3-4-8(9)6-10-5-7/h7-8H,3-6H2,1-2H3/q-1. The van der Waals surface area contributed by atoms with Gasteiger partial charge < -0.3 is 0 Å². The molecule has 0 aromatic rings. The Morgan fingerprint density at radius 3 is 1.92 bits per heavy atom. The molecule has 1 aliphatic carbocycles. The zero-order valence-electron chi connectivity index (χ0n) is 7.68. The van der Waals surface area contributed by atoms with Gasteiger partial charge in [-0.1, -0.05) is 0 Å². The van der Waals surface area contributed by atoms with Crippen molar-refractivity contribution in [1.29, 1.82) is 0 Å². The Kier molecular flexibility index (Phi) is 2.63. The van der Waals surface area contributed by atoms with Gasteiger partial charge in [-0.3, -0.25) is 0 Å². The molecule has 0 aromatic carbocycles. The van der Waals surface area contributed by atoms with Crippen molar-refractivity contribution in [3.8, 4) is 0 Å². The second kappa shape index (κ2) is 3.42. The number of hydrogen-bond acceptors (Lipinski definition) is 2. The van der Waals surface area contributed by atoms with Crippen LogP contribution in [0.2, 0.25) is 0 Å². The predicted molar refractivity (Wildman–Crippen MR) is 42.7 cm³/mol. The van der Waals surface area contributed by atoms with E-state index in [9.17, 15) is 0 Å². The van der Waals surface area contributed by atoms with E-state index < -0.39 is 0 Å². The number of methoxy groups -OCH3 is 2. The average molecular weight is 283 g/mol. The summed E-state index contributed by atoms with van der Waals surface area (Å²) in [5.41, 5.74) is 0. The normalized spacial score (nSPS) is 39.2. The molecule has 1 saturated carbocycles. The predicted octanol–water partition coefficient (Wildman–Crippen LogP) is -1.90. The molecule has 2 unspecified atom stereocenters. The van der Waals surface area contributed by atoms with Crippen LogP contribution in [0, 0.1) is 11.8 Å². The van der Waals surface area contributed by atoms with Crippen molar-refractivity contribution in [2.45, 2.75) is 18.6 Å². The topological polar surface area (TPSA) is 18.5 Å². The Morgan fingerprint density at radius 1 is 1.08 bits per heavy atom. The maximum atomic E-state index is 5.61. The van der Waals surface area contributed by atoms with Crippen LogP contribution >= 0.6 is 0 Å². The first kappa shape index (κ1) is 9.21.